The summed E-state index contributed by atoms with van der Waals surface area (Å²) in [4.78, 5) is 14.7. The van der Waals surface area contributed by atoms with Crippen molar-refractivity contribution in [2.45, 2.75) is 0 Å². The molecule has 1 amide bonds. The predicted octanol–water partition coefficient (Wildman–Crippen LogP) is 2.32. The smallest absolute Gasteiger partial charge is 0.264 e. The second-order valence-corrected chi connectivity index (χ2v) is 6.50. The van der Waals surface area contributed by atoms with Crippen molar-refractivity contribution in [1.29, 1.82) is 0 Å². The van der Waals surface area contributed by atoms with Gasteiger partial charge in [-0.3, -0.25) is 4.79 Å². The monoisotopic (exact) mass is 352 g/mol. The molecule has 0 saturated carbocycles. The van der Waals surface area contributed by atoms with Gasteiger partial charge in [-0.2, -0.15) is 0 Å². The standard InChI is InChI=1S/C9H10Br2N2OS/c10-6-5-7(15-8(6)11)9(14)13-3-1-12-2-4-13/h5,12H,1-4H2. The highest BCUT2D eigenvalue weighted by molar-refractivity contribution is 9.13. The van der Waals surface area contributed by atoms with E-state index >= 15 is 0 Å². The van der Waals surface area contributed by atoms with Gasteiger partial charge in [0.25, 0.3) is 5.91 Å². The normalized spacial score (nSPS) is 16.8. The maximum absolute atomic E-state index is 12.0. The zero-order valence-corrected chi connectivity index (χ0v) is 11.9. The van der Waals surface area contributed by atoms with Gasteiger partial charge < -0.3 is 10.2 Å². The molecule has 2 heterocycles. The van der Waals surface area contributed by atoms with Crippen LogP contribution < -0.4 is 5.32 Å². The molecule has 0 aliphatic carbocycles. The lowest BCUT2D eigenvalue weighted by Gasteiger charge is -2.26. The SMILES string of the molecule is O=C(c1cc(Br)c(Br)s1)N1CCNCC1. The maximum Gasteiger partial charge on any atom is 0.264 e. The first-order valence-electron chi connectivity index (χ1n) is 4.63. The summed E-state index contributed by atoms with van der Waals surface area (Å²) in [5, 5.41) is 3.23. The van der Waals surface area contributed by atoms with E-state index in [-0.39, 0.29) is 5.91 Å². The van der Waals surface area contributed by atoms with E-state index in [0.29, 0.717) is 0 Å². The summed E-state index contributed by atoms with van der Waals surface area (Å²) in [6.07, 6.45) is 0. The van der Waals surface area contributed by atoms with E-state index in [9.17, 15) is 4.79 Å². The minimum atomic E-state index is 0.132. The molecular formula is C9H10Br2N2OS. The van der Waals surface area contributed by atoms with Crippen molar-refractivity contribution in [3.8, 4) is 0 Å². The van der Waals surface area contributed by atoms with E-state index in [0.717, 1.165) is 39.3 Å². The van der Waals surface area contributed by atoms with Gasteiger partial charge >= 0.3 is 0 Å². The molecule has 1 aliphatic heterocycles. The van der Waals surface area contributed by atoms with Crippen molar-refractivity contribution in [1.82, 2.24) is 10.2 Å². The van der Waals surface area contributed by atoms with Gasteiger partial charge in [-0.05, 0) is 37.9 Å². The Morgan fingerprint density at radius 1 is 1.40 bits per heavy atom. The number of halogens is 2. The van der Waals surface area contributed by atoms with Crippen molar-refractivity contribution in [2.75, 3.05) is 26.2 Å². The van der Waals surface area contributed by atoms with Crippen LogP contribution in [0, 0.1) is 0 Å². The second kappa shape index (κ2) is 4.95. The fourth-order valence-electron chi connectivity index (χ4n) is 1.48. The molecule has 0 atom stereocenters. The van der Waals surface area contributed by atoms with Gasteiger partial charge in [-0.25, -0.2) is 0 Å². The van der Waals surface area contributed by atoms with Crippen molar-refractivity contribution >= 4 is 49.1 Å². The van der Waals surface area contributed by atoms with Gasteiger partial charge in [0.1, 0.15) is 0 Å². The molecule has 1 aromatic rings. The zero-order chi connectivity index (χ0) is 10.8. The van der Waals surface area contributed by atoms with Crippen molar-refractivity contribution in [3.63, 3.8) is 0 Å². The van der Waals surface area contributed by atoms with Gasteiger partial charge in [0.2, 0.25) is 0 Å². The Morgan fingerprint density at radius 3 is 2.60 bits per heavy atom. The highest BCUT2D eigenvalue weighted by Crippen LogP contribution is 2.32. The van der Waals surface area contributed by atoms with E-state index in [1.54, 1.807) is 0 Å². The van der Waals surface area contributed by atoms with Crippen LogP contribution in [0.25, 0.3) is 0 Å². The molecular weight excluding hydrogens is 344 g/mol. The summed E-state index contributed by atoms with van der Waals surface area (Å²) in [5.74, 6) is 0.132. The summed E-state index contributed by atoms with van der Waals surface area (Å²) in [5.41, 5.74) is 0. The van der Waals surface area contributed by atoms with Gasteiger partial charge in [-0.15, -0.1) is 11.3 Å². The molecule has 1 aliphatic rings. The topological polar surface area (TPSA) is 32.3 Å². The number of thiophene rings is 1. The number of hydrogen-bond donors (Lipinski definition) is 1. The Labute approximate surface area is 109 Å². The summed E-state index contributed by atoms with van der Waals surface area (Å²) in [6, 6.07) is 1.87. The van der Waals surface area contributed by atoms with Crippen LogP contribution in [0.2, 0.25) is 0 Å². The number of piperazine rings is 1. The molecule has 6 heteroatoms. The predicted molar refractivity (Wildman–Crippen MR) is 68.5 cm³/mol. The molecule has 2 rings (SSSR count). The molecule has 1 N–H and O–H groups in total. The first kappa shape index (κ1) is 11.6. The minimum Gasteiger partial charge on any atom is -0.335 e. The first-order chi connectivity index (χ1) is 7.18. The fraction of sp³-hybridized carbons (Fsp3) is 0.444. The molecule has 1 aromatic heterocycles. The van der Waals surface area contributed by atoms with Gasteiger partial charge in [-0.1, -0.05) is 0 Å². The maximum atomic E-state index is 12.0. The molecule has 3 nitrogen and oxygen atoms in total. The lowest BCUT2D eigenvalue weighted by atomic mass is 10.3. The van der Waals surface area contributed by atoms with Crippen LogP contribution >= 0.6 is 43.2 Å². The minimum absolute atomic E-state index is 0.132. The molecule has 0 aromatic carbocycles. The van der Waals surface area contributed by atoms with Gasteiger partial charge in [0.15, 0.2) is 0 Å². The summed E-state index contributed by atoms with van der Waals surface area (Å²) in [6.45, 7) is 3.37. The Bertz CT molecular complexity index is 355. The van der Waals surface area contributed by atoms with Crippen LogP contribution in [0.15, 0.2) is 14.3 Å². The quantitative estimate of drug-likeness (QED) is 0.840. The number of nitrogens with one attached hydrogen (secondary N) is 1. The molecule has 0 bridgehead atoms. The number of hydrogen-bond acceptors (Lipinski definition) is 3. The number of carbonyl (C=O) groups is 1. The fourth-order valence-corrected chi connectivity index (χ4v) is 3.48. The van der Waals surface area contributed by atoms with Crippen LogP contribution in [-0.2, 0) is 0 Å². The van der Waals surface area contributed by atoms with E-state index in [1.807, 2.05) is 11.0 Å². The molecule has 1 fully saturated rings. The largest absolute Gasteiger partial charge is 0.335 e. The van der Waals surface area contributed by atoms with E-state index in [1.165, 1.54) is 11.3 Å². The van der Waals surface area contributed by atoms with Gasteiger partial charge in [0.05, 0.1) is 8.66 Å². The van der Waals surface area contributed by atoms with E-state index < -0.39 is 0 Å². The molecule has 0 unspecified atom stereocenters. The Morgan fingerprint density at radius 2 is 2.07 bits per heavy atom. The first-order valence-corrected chi connectivity index (χ1v) is 7.03. The summed E-state index contributed by atoms with van der Waals surface area (Å²) in [7, 11) is 0. The Hall–Kier alpha value is 0.0900. The number of amides is 1. The van der Waals surface area contributed by atoms with Gasteiger partial charge in [0, 0.05) is 30.7 Å². The lowest BCUT2D eigenvalue weighted by molar-refractivity contribution is 0.0740. The highest BCUT2D eigenvalue weighted by Gasteiger charge is 2.20. The Kier molecular flexibility index (Phi) is 3.82. The van der Waals surface area contributed by atoms with Crippen LogP contribution in [0.4, 0.5) is 0 Å². The molecule has 0 spiro atoms. The molecule has 82 valence electrons. The number of carbonyl (C=O) groups excluding carboxylic acids is 1. The van der Waals surface area contributed by atoms with Crippen molar-refractivity contribution in [2.24, 2.45) is 0 Å². The van der Waals surface area contributed by atoms with Crippen LogP contribution in [0.1, 0.15) is 9.67 Å². The highest BCUT2D eigenvalue weighted by atomic mass is 79.9. The third-order valence-corrected chi connectivity index (χ3v) is 5.50. The molecule has 0 radical (unpaired) electrons. The second-order valence-electron chi connectivity index (χ2n) is 3.27. The third-order valence-electron chi connectivity index (χ3n) is 2.26. The van der Waals surface area contributed by atoms with Crippen LogP contribution in [0.5, 0.6) is 0 Å². The van der Waals surface area contributed by atoms with Crippen molar-refractivity contribution < 1.29 is 4.79 Å². The van der Waals surface area contributed by atoms with Crippen molar-refractivity contribution in [3.05, 3.63) is 19.2 Å². The number of rotatable bonds is 1. The van der Waals surface area contributed by atoms with E-state index in [2.05, 4.69) is 37.2 Å². The Balaban J connectivity index is 2.12. The summed E-state index contributed by atoms with van der Waals surface area (Å²) >= 11 is 8.26. The van der Waals surface area contributed by atoms with E-state index in [4.69, 9.17) is 0 Å². The summed E-state index contributed by atoms with van der Waals surface area (Å²) < 4.78 is 1.92. The zero-order valence-electron chi connectivity index (χ0n) is 7.93. The molecule has 1 saturated heterocycles. The third kappa shape index (κ3) is 2.61. The van der Waals surface area contributed by atoms with Crippen LogP contribution in [0.3, 0.4) is 0 Å². The molecule has 15 heavy (non-hydrogen) atoms. The van der Waals surface area contributed by atoms with Crippen LogP contribution in [-0.4, -0.2) is 37.0 Å². The average Bonchev–Trinajstić information content (AvgIpc) is 2.59. The average molecular weight is 354 g/mol. The number of nitrogens with zero attached hydrogens (tertiary/aromatic N) is 1. The lowest BCUT2D eigenvalue weighted by Crippen LogP contribution is -2.46.